The molecule has 0 heterocycles. The smallest absolute Gasteiger partial charge is 0.193 e. The lowest BCUT2D eigenvalue weighted by Gasteiger charge is -2.29. The van der Waals surface area contributed by atoms with Crippen LogP contribution in [-0.4, -0.2) is 17.0 Å². The lowest BCUT2D eigenvalue weighted by molar-refractivity contribution is -0.401. The Morgan fingerprint density at radius 3 is 1.03 bits per heavy atom. The zero-order valence-corrected chi connectivity index (χ0v) is 21.2. The molecule has 32 heavy (non-hydrogen) atoms. The van der Waals surface area contributed by atoms with Gasteiger partial charge in [0.15, 0.2) is 5.78 Å². The van der Waals surface area contributed by atoms with Gasteiger partial charge in [0.05, 0.1) is 11.2 Å². The van der Waals surface area contributed by atoms with E-state index in [0.29, 0.717) is 11.1 Å². The third-order valence-electron chi connectivity index (χ3n) is 4.68. The van der Waals surface area contributed by atoms with E-state index in [1.54, 1.807) is 0 Å². The maximum atomic E-state index is 13.0. The maximum Gasteiger partial charge on any atom is 0.193 e. The third-order valence-corrected chi connectivity index (χ3v) is 4.68. The van der Waals surface area contributed by atoms with Crippen molar-refractivity contribution < 1.29 is 24.3 Å². The average Bonchev–Trinajstić information content (AvgIpc) is 2.70. The Morgan fingerprint density at radius 1 is 0.500 bits per heavy atom. The van der Waals surface area contributed by atoms with Gasteiger partial charge in [-0.2, -0.15) is 0 Å². The molecule has 0 saturated carbocycles. The van der Waals surface area contributed by atoms with Crippen molar-refractivity contribution in [1.29, 1.82) is 0 Å². The van der Waals surface area contributed by atoms with Crippen LogP contribution in [0, 0.1) is 0 Å². The quantitative estimate of drug-likeness (QED) is 0.253. The first-order chi connectivity index (χ1) is 14.5. The van der Waals surface area contributed by atoms with E-state index in [1.807, 2.05) is 118 Å². The van der Waals surface area contributed by atoms with Crippen molar-refractivity contribution in [2.75, 3.05) is 0 Å². The highest BCUT2D eigenvalue weighted by Gasteiger charge is 2.28. The predicted octanol–water partition coefficient (Wildman–Crippen LogP) is 6.88. The van der Waals surface area contributed by atoms with Crippen LogP contribution in [-0.2, 0) is 30.8 Å². The zero-order valence-electron chi connectivity index (χ0n) is 21.2. The van der Waals surface area contributed by atoms with Crippen molar-refractivity contribution in [1.82, 2.24) is 0 Å². The van der Waals surface area contributed by atoms with Gasteiger partial charge >= 0.3 is 0 Å². The van der Waals surface area contributed by atoms with E-state index in [9.17, 15) is 4.79 Å². The van der Waals surface area contributed by atoms with Crippen LogP contribution in [0.1, 0.15) is 96.3 Å². The van der Waals surface area contributed by atoms with E-state index in [2.05, 4.69) is 0 Å². The number of hydrogen-bond acceptors (Lipinski definition) is 5. The summed E-state index contributed by atoms with van der Waals surface area (Å²) in [6, 6.07) is 14.9. The van der Waals surface area contributed by atoms with Crippen LogP contribution in [0.4, 0.5) is 0 Å². The van der Waals surface area contributed by atoms with Crippen molar-refractivity contribution in [3.05, 3.63) is 70.8 Å². The van der Waals surface area contributed by atoms with Gasteiger partial charge < -0.3 is 0 Å². The molecular formula is C27H38O5. The minimum atomic E-state index is -0.642. The minimum absolute atomic E-state index is 0.0440. The molecule has 0 saturated heterocycles. The molecule has 0 aliphatic carbocycles. The summed E-state index contributed by atoms with van der Waals surface area (Å²) in [5.74, 6) is -0.0440. The summed E-state index contributed by atoms with van der Waals surface area (Å²) < 4.78 is 0. The van der Waals surface area contributed by atoms with Gasteiger partial charge in [0.25, 0.3) is 0 Å². The number of carbonyl (C=O) groups is 1. The van der Waals surface area contributed by atoms with Crippen molar-refractivity contribution >= 4 is 5.78 Å². The van der Waals surface area contributed by atoms with Crippen LogP contribution in [0.15, 0.2) is 48.5 Å². The summed E-state index contributed by atoms with van der Waals surface area (Å²) in [5.41, 5.74) is 0.975. The van der Waals surface area contributed by atoms with Crippen LogP contribution in [0.5, 0.6) is 0 Å². The normalized spacial score (nSPS) is 13.3. The van der Waals surface area contributed by atoms with Gasteiger partial charge in [-0.25, -0.2) is 19.6 Å². The van der Waals surface area contributed by atoms with Crippen LogP contribution in [0.3, 0.4) is 0 Å². The van der Waals surface area contributed by atoms with Crippen molar-refractivity contribution in [3.63, 3.8) is 0 Å². The number of rotatable bonds is 8. The lowest BCUT2D eigenvalue weighted by Crippen LogP contribution is -2.29. The molecule has 0 bridgehead atoms. The van der Waals surface area contributed by atoms with Gasteiger partial charge in [0.1, 0.15) is 11.2 Å². The van der Waals surface area contributed by atoms with Crippen LogP contribution < -0.4 is 0 Å². The molecular weight excluding hydrogens is 404 g/mol. The largest absolute Gasteiger partial charge is 0.289 e. The van der Waals surface area contributed by atoms with E-state index in [1.165, 1.54) is 0 Å². The molecule has 2 rings (SSSR count). The fourth-order valence-electron chi connectivity index (χ4n) is 2.77. The fourth-order valence-corrected chi connectivity index (χ4v) is 2.77. The molecule has 0 spiro atoms. The van der Waals surface area contributed by atoms with Gasteiger partial charge in [-0.05, 0) is 80.4 Å². The highest BCUT2D eigenvalue weighted by molar-refractivity contribution is 6.09. The highest BCUT2D eigenvalue weighted by Crippen LogP contribution is 2.29. The summed E-state index contributed by atoms with van der Waals surface area (Å²) >= 11 is 0. The van der Waals surface area contributed by atoms with Crippen LogP contribution in [0.2, 0.25) is 0 Å². The number of carbonyl (C=O) groups excluding carboxylic acids is 1. The lowest BCUT2D eigenvalue weighted by atomic mass is 9.93. The summed E-state index contributed by atoms with van der Waals surface area (Å²) in [6.07, 6.45) is 0. The number of benzene rings is 2. The van der Waals surface area contributed by atoms with Gasteiger partial charge in [0, 0.05) is 11.1 Å². The fraction of sp³-hybridized carbons (Fsp3) is 0.519. The van der Waals surface area contributed by atoms with E-state index < -0.39 is 22.4 Å². The standard InChI is InChI=1S/C27H38O5/c1-24(2,3)29-31-26(7,8)21-15-11-19(12-16-21)23(28)20-13-17-22(18-14-20)27(9,10)32-30-25(4,5)6/h11-18H,1-10H3. The predicted molar refractivity (Wildman–Crippen MR) is 126 cm³/mol. The Balaban J connectivity index is 2.11. The first-order valence-corrected chi connectivity index (χ1v) is 11.0. The molecule has 0 N–H and O–H groups in total. The second kappa shape index (κ2) is 9.44. The van der Waals surface area contributed by atoms with Crippen molar-refractivity contribution in [2.45, 2.75) is 91.6 Å². The summed E-state index contributed by atoms with van der Waals surface area (Å²) in [6.45, 7) is 19.3. The first-order valence-electron chi connectivity index (χ1n) is 11.0. The van der Waals surface area contributed by atoms with Crippen molar-refractivity contribution in [2.24, 2.45) is 0 Å². The summed E-state index contributed by atoms with van der Waals surface area (Å²) in [4.78, 5) is 35.2. The second-order valence-electron chi connectivity index (χ2n) is 11.1. The summed E-state index contributed by atoms with van der Waals surface area (Å²) in [5, 5.41) is 0. The van der Waals surface area contributed by atoms with E-state index in [0.717, 1.165) is 11.1 Å². The van der Waals surface area contributed by atoms with E-state index in [4.69, 9.17) is 19.6 Å². The first kappa shape index (κ1) is 26.2. The second-order valence-corrected chi connectivity index (χ2v) is 11.1. The van der Waals surface area contributed by atoms with E-state index >= 15 is 0 Å². The third kappa shape index (κ3) is 7.52. The highest BCUT2D eigenvalue weighted by atomic mass is 17.2. The molecule has 2 aromatic carbocycles. The van der Waals surface area contributed by atoms with Gasteiger partial charge in [0.2, 0.25) is 0 Å². The molecule has 0 atom stereocenters. The SMILES string of the molecule is CC(C)(C)OOC(C)(C)c1ccc(C(=O)c2ccc(C(C)(C)OOC(C)(C)C)cc2)cc1. The number of ketones is 1. The topological polar surface area (TPSA) is 54.0 Å². The van der Waals surface area contributed by atoms with Gasteiger partial charge in [-0.1, -0.05) is 48.5 Å². The average molecular weight is 443 g/mol. The van der Waals surface area contributed by atoms with Gasteiger partial charge in [-0.3, -0.25) is 4.79 Å². The Bertz CT molecular complexity index is 820. The van der Waals surface area contributed by atoms with E-state index in [-0.39, 0.29) is 5.78 Å². The number of hydrogen-bond donors (Lipinski definition) is 0. The Hall–Kier alpha value is -2.05. The van der Waals surface area contributed by atoms with Crippen LogP contribution in [0.25, 0.3) is 0 Å². The van der Waals surface area contributed by atoms with Crippen LogP contribution >= 0.6 is 0 Å². The minimum Gasteiger partial charge on any atom is -0.289 e. The molecule has 0 radical (unpaired) electrons. The van der Waals surface area contributed by atoms with Crippen molar-refractivity contribution in [3.8, 4) is 0 Å². The molecule has 0 fully saturated rings. The maximum absolute atomic E-state index is 13.0. The monoisotopic (exact) mass is 442 g/mol. The Labute approximate surface area is 192 Å². The molecule has 0 unspecified atom stereocenters. The molecule has 176 valence electrons. The molecule has 0 aliphatic rings. The molecule has 0 aliphatic heterocycles. The van der Waals surface area contributed by atoms with Gasteiger partial charge in [-0.15, -0.1) is 0 Å². The molecule has 5 nitrogen and oxygen atoms in total. The zero-order chi connectivity index (χ0) is 24.4. The Kier molecular flexibility index (Phi) is 7.73. The molecule has 5 heteroatoms. The summed E-state index contributed by atoms with van der Waals surface area (Å²) in [7, 11) is 0. The molecule has 2 aromatic rings. The Morgan fingerprint density at radius 2 is 0.781 bits per heavy atom. The molecule has 0 amide bonds. The molecule has 0 aromatic heterocycles.